The Balaban J connectivity index is 1.67. The summed E-state index contributed by atoms with van der Waals surface area (Å²) in [6.07, 6.45) is 11.6. The predicted molar refractivity (Wildman–Crippen MR) is 65.1 cm³/mol. The number of rotatable bonds is 1. The van der Waals surface area contributed by atoms with E-state index in [2.05, 4.69) is 24.3 Å². The van der Waals surface area contributed by atoms with Gasteiger partial charge >= 0.3 is 0 Å². The van der Waals surface area contributed by atoms with Gasteiger partial charge < -0.3 is 10.2 Å². The Labute approximate surface area is 102 Å². The maximum absolute atomic E-state index is 10.4. The molecule has 92 valence electrons. The first-order valence-corrected chi connectivity index (χ1v) is 6.97. The van der Waals surface area contributed by atoms with Gasteiger partial charge in [0, 0.05) is 5.92 Å². The van der Waals surface area contributed by atoms with E-state index in [0.29, 0.717) is 23.7 Å². The van der Waals surface area contributed by atoms with Crippen LogP contribution in [0.25, 0.3) is 0 Å². The lowest BCUT2D eigenvalue weighted by atomic mass is 9.47. The third-order valence-corrected chi connectivity index (χ3v) is 5.82. The Hall–Kier alpha value is -0.600. The summed E-state index contributed by atoms with van der Waals surface area (Å²) in [5, 5.41) is 20.6. The van der Waals surface area contributed by atoms with Crippen LogP contribution >= 0.6 is 0 Å². The lowest BCUT2D eigenvalue weighted by Crippen LogP contribution is -2.60. The molecule has 0 heterocycles. The van der Waals surface area contributed by atoms with Gasteiger partial charge in [0.15, 0.2) is 0 Å². The van der Waals surface area contributed by atoms with E-state index >= 15 is 0 Å². The third kappa shape index (κ3) is 1.28. The normalized spacial score (nSPS) is 56.0. The zero-order valence-electron chi connectivity index (χ0n) is 9.94. The average Bonchev–Trinajstić information content (AvgIpc) is 2.83. The van der Waals surface area contributed by atoms with Gasteiger partial charge in [-0.1, -0.05) is 24.3 Å². The molecular weight excluding hydrogens is 212 g/mol. The van der Waals surface area contributed by atoms with Crippen molar-refractivity contribution in [2.24, 2.45) is 35.5 Å². The minimum atomic E-state index is -0.259. The molecule has 2 heteroatoms. The Morgan fingerprint density at radius 3 is 2.24 bits per heavy atom. The summed E-state index contributed by atoms with van der Waals surface area (Å²) in [4.78, 5) is 0. The summed E-state index contributed by atoms with van der Waals surface area (Å²) in [5.74, 6) is 2.96. The Morgan fingerprint density at radius 2 is 1.47 bits per heavy atom. The molecule has 0 aromatic heterocycles. The summed E-state index contributed by atoms with van der Waals surface area (Å²) in [6, 6.07) is 0. The van der Waals surface area contributed by atoms with Crippen molar-refractivity contribution in [1.29, 1.82) is 0 Å². The molecule has 2 N–H and O–H groups in total. The van der Waals surface area contributed by atoms with Crippen molar-refractivity contribution in [1.82, 2.24) is 0 Å². The van der Waals surface area contributed by atoms with Gasteiger partial charge in [-0.05, 0) is 48.9 Å². The summed E-state index contributed by atoms with van der Waals surface area (Å²) >= 11 is 0. The lowest BCUT2D eigenvalue weighted by molar-refractivity contribution is -0.191. The molecule has 5 rings (SSSR count). The largest absolute Gasteiger partial charge is 0.392 e. The van der Waals surface area contributed by atoms with E-state index in [-0.39, 0.29) is 18.1 Å². The minimum absolute atomic E-state index is 0.170. The summed E-state index contributed by atoms with van der Waals surface area (Å²) in [7, 11) is 0. The Kier molecular flexibility index (Phi) is 2.10. The van der Waals surface area contributed by atoms with Gasteiger partial charge in [0.1, 0.15) is 0 Å². The second kappa shape index (κ2) is 3.46. The van der Waals surface area contributed by atoms with Crippen LogP contribution in [0.5, 0.6) is 0 Å². The summed E-state index contributed by atoms with van der Waals surface area (Å²) in [5.41, 5.74) is 0. The highest BCUT2D eigenvalue weighted by molar-refractivity contribution is 5.22. The molecule has 4 fully saturated rings. The van der Waals surface area contributed by atoms with Gasteiger partial charge in [0.05, 0.1) is 12.2 Å². The van der Waals surface area contributed by atoms with Gasteiger partial charge in [0.25, 0.3) is 0 Å². The molecule has 0 radical (unpaired) electrons. The van der Waals surface area contributed by atoms with E-state index in [9.17, 15) is 10.2 Å². The molecule has 4 saturated carbocycles. The quantitative estimate of drug-likeness (QED) is 0.723. The zero-order chi connectivity index (χ0) is 11.6. The van der Waals surface area contributed by atoms with Gasteiger partial charge in [0.2, 0.25) is 0 Å². The van der Waals surface area contributed by atoms with Crippen LogP contribution < -0.4 is 0 Å². The Bertz CT molecular complexity index is 374. The molecule has 4 bridgehead atoms. The molecule has 0 spiro atoms. The van der Waals surface area contributed by atoms with Crippen LogP contribution in [0.1, 0.15) is 19.3 Å². The van der Waals surface area contributed by atoms with Gasteiger partial charge in [-0.2, -0.15) is 0 Å². The standard InChI is InChI=1S/C15H20O2/c16-14-10-5-9-6-12(14)15(17)11(7-10)13(9)8-3-1-2-4-8/h1-4,8-17H,5-7H2. The van der Waals surface area contributed by atoms with Crippen molar-refractivity contribution < 1.29 is 10.2 Å². The topological polar surface area (TPSA) is 40.5 Å². The molecule has 5 aliphatic carbocycles. The minimum Gasteiger partial charge on any atom is -0.392 e. The van der Waals surface area contributed by atoms with Gasteiger partial charge in [-0.3, -0.25) is 0 Å². The monoisotopic (exact) mass is 232 g/mol. The fourth-order valence-electron chi connectivity index (χ4n) is 5.20. The maximum atomic E-state index is 10.4. The van der Waals surface area contributed by atoms with Crippen LogP contribution in [0.4, 0.5) is 0 Å². The molecule has 5 aliphatic rings. The van der Waals surface area contributed by atoms with Crippen molar-refractivity contribution >= 4 is 0 Å². The van der Waals surface area contributed by atoms with Crippen LogP contribution in [0.15, 0.2) is 24.3 Å². The molecular formula is C15H20O2. The van der Waals surface area contributed by atoms with E-state index in [1.165, 1.54) is 6.42 Å². The second-order valence-electron chi connectivity index (χ2n) is 6.46. The molecule has 0 aromatic rings. The van der Waals surface area contributed by atoms with E-state index in [1.54, 1.807) is 0 Å². The van der Waals surface area contributed by atoms with Crippen molar-refractivity contribution in [3.63, 3.8) is 0 Å². The SMILES string of the molecule is OC1C2CC3CC1C(O)C(C2)C3C1C=CC=C1. The molecule has 7 atom stereocenters. The highest BCUT2D eigenvalue weighted by Crippen LogP contribution is 2.59. The van der Waals surface area contributed by atoms with Crippen molar-refractivity contribution in [2.75, 3.05) is 0 Å². The molecule has 0 aromatic carbocycles. The van der Waals surface area contributed by atoms with Crippen molar-refractivity contribution in [3.05, 3.63) is 24.3 Å². The fourth-order valence-corrected chi connectivity index (χ4v) is 5.20. The summed E-state index contributed by atoms with van der Waals surface area (Å²) < 4.78 is 0. The molecule has 0 aliphatic heterocycles. The van der Waals surface area contributed by atoms with E-state index in [4.69, 9.17) is 0 Å². The number of aliphatic hydroxyl groups excluding tert-OH is 2. The Morgan fingerprint density at radius 1 is 0.765 bits per heavy atom. The zero-order valence-corrected chi connectivity index (χ0v) is 9.94. The number of allylic oxidation sites excluding steroid dienone is 4. The second-order valence-corrected chi connectivity index (χ2v) is 6.46. The first-order chi connectivity index (χ1) is 8.25. The van der Waals surface area contributed by atoms with E-state index in [1.807, 2.05) is 0 Å². The van der Waals surface area contributed by atoms with Gasteiger partial charge in [-0.15, -0.1) is 0 Å². The van der Waals surface area contributed by atoms with Crippen LogP contribution in [-0.2, 0) is 0 Å². The van der Waals surface area contributed by atoms with E-state index < -0.39 is 0 Å². The highest BCUT2D eigenvalue weighted by Gasteiger charge is 2.58. The molecule has 0 amide bonds. The average molecular weight is 232 g/mol. The van der Waals surface area contributed by atoms with Crippen LogP contribution in [0.3, 0.4) is 0 Å². The highest BCUT2D eigenvalue weighted by atomic mass is 16.3. The molecule has 2 nitrogen and oxygen atoms in total. The summed E-state index contributed by atoms with van der Waals surface area (Å²) in [6.45, 7) is 0. The third-order valence-electron chi connectivity index (χ3n) is 5.82. The smallest absolute Gasteiger partial charge is 0.0624 e. The predicted octanol–water partition coefficient (Wildman–Crippen LogP) is 1.74. The number of aliphatic hydroxyl groups is 2. The van der Waals surface area contributed by atoms with Crippen molar-refractivity contribution in [2.45, 2.75) is 31.5 Å². The first kappa shape index (κ1) is 10.3. The lowest BCUT2D eigenvalue weighted by Gasteiger charge is -2.60. The first-order valence-electron chi connectivity index (χ1n) is 6.97. The van der Waals surface area contributed by atoms with Crippen LogP contribution in [-0.4, -0.2) is 22.4 Å². The van der Waals surface area contributed by atoms with Crippen LogP contribution in [0, 0.1) is 35.5 Å². The number of hydrogen-bond donors (Lipinski definition) is 2. The van der Waals surface area contributed by atoms with E-state index in [0.717, 1.165) is 18.8 Å². The fraction of sp³-hybridized carbons (Fsp3) is 0.733. The maximum Gasteiger partial charge on any atom is 0.0624 e. The molecule has 17 heavy (non-hydrogen) atoms. The molecule has 7 unspecified atom stereocenters. The number of hydrogen-bond acceptors (Lipinski definition) is 2. The van der Waals surface area contributed by atoms with Crippen molar-refractivity contribution in [3.8, 4) is 0 Å². The van der Waals surface area contributed by atoms with Gasteiger partial charge in [-0.25, -0.2) is 0 Å². The molecule has 0 saturated heterocycles. The van der Waals surface area contributed by atoms with Crippen LogP contribution in [0.2, 0.25) is 0 Å².